The van der Waals surface area contributed by atoms with Gasteiger partial charge in [-0.15, -0.1) is 0 Å². The standard InChI is InChI=1S/C17H17ClN2O3/c18-14-7-16-15(22-11-23-16)6-13(14)9-20-4-5-21-17(10-20)12-2-1-3-19-8-12/h1-3,6-8,17H,4-5,9-11H2/t17-/m1/s1. The van der Waals surface area contributed by atoms with Gasteiger partial charge in [0.2, 0.25) is 6.79 Å². The summed E-state index contributed by atoms with van der Waals surface area (Å²) in [6.07, 6.45) is 3.68. The first-order valence-electron chi connectivity index (χ1n) is 7.61. The summed E-state index contributed by atoms with van der Waals surface area (Å²) in [5.41, 5.74) is 2.15. The number of hydrogen-bond donors (Lipinski definition) is 0. The molecule has 0 aliphatic carbocycles. The van der Waals surface area contributed by atoms with E-state index in [2.05, 4.69) is 16.0 Å². The van der Waals surface area contributed by atoms with Crippen molar-refractivity contribution < 1.29 is 14.2 Å². The van der Waals surface area contributed by atoms with Gasteiger partial charge in [0.15, 0.2) is 11.5 Å². The highest BCUT2D eigenvalue weighted by Gasteiger charge is 2.24. The second kappa shape index (κ2) is 6.35. The minimum atomic E-state index is 0.0465. The van der Waals surface area contributed by atoms with Crippen molar-refractivity contribution in [3.63, 3.8) is 0 Å². The molecule has 1 fully saturated rings. The smallest absolute Gasteiger partial charge is 0.231 e. The molecule has 0 amide bonds. The summed E-state index contributed by atoms with van der Waals surface area (Å²) in [5.74, 6) is 1.48. The number of rotatable bonds is 3. The van der Waals surface area contributed by atoms with Crippen LogP contribution in [-0.4, -0.2) is 36.4 Å². The highest BCUT2D eigenvalue weighted by Crippen LogP contribution is 2.37. The van der Waals surface area contributed by atoms with Crippen molar-refractivity contribution in [2.45, 2.75) is 12.6 Å². The fourth-order valence-corrected chi connectivity index (χ4v) is 3.15. The lowest BCUT2D eigenvalue weighted by Crippen LogP contribution is -2.37. The van der Waals surface area contributed by atoms with E-state index >= 15 is 0 Å². The van der Waals surface area contributed by atoms with Crippen molar-refractivity contribution in [3.05, 3.63) is 52.8 Å². The van der Waals surface area contributed by atoms with E-state index in [4.69, 9.17) is 25.8 Å². The summed E-state index contributed by atoms with van der Waals surface area (Å²) in [4.78, 5) is 6.51. The lowest BCUT2D eigenvalue weighted by atomic mass is 10.1. The zero-order chi connectivity index (χ0) is 15.6. The van der Waals surface area contributed by atoms with Gasteiger partial charge in [0.05, 0.1) is 12.7 Å². The first kappa shape index (κ1) is 14.8. The van der Waals surface area contributed by atoms with Gasteiger partial charge in [0.25, 0.3) is 0 Å². The lowest BCUT2D eigenvalue weighted by molar-refractivity contribution is -0.0330. The molecule has 0 spiro atoms. The monoisotopic (exact) mass is 332 g/mol. The molecular formula is C17H17ClN2O3. The predicted molar refractivity (Wildman–Crippen MR) is 85.8 cm³/mol. The summed E-state index contributed by atoms with van der Waals surface area (Å²) >= 11 is 6.38. The van der Waals surface area contributed by atoms with Crippen molar-refractivity contribution in [3.8, 4) is 11.5 Å². The molecule has 120 valence electrons. The minimum absolute atomic E-state index is 0.0465. The summed E-state index contributed by atoms with van der Waals surface area (Å²) < 4.78 is 16.7. The van der Waals surface area contributed by atoms with Crippen LogP contribution >= 0.6 is 11.6 Å². The summed E-state index contributed by atoms with van der Waals surface area (Å²) in [6, 6.07) is 7.79. The molecule has 4 rings (SSSR count). The van der Waals surface area contributed by atoms with Gasteiger partial charge in [-0.05, 0) is 17.7 Å². The van der Waals surface area contributed by atoms with Crippen LogP contribution < -0.4 is 9.47 Å². The van der Waals surface area contributed by atoms with Gasteiger partial charge in [-0.1, -0.05) is 17.7 Å². The Balaban J connectivity index is 1.49. The molecule has 3 heterocycles. The molecular weight excluding hydrogens is 316 g/mol. The van der Waals surface area contributed by atoms with Crippen molar-refractivity contribution in [1.82, 2.24) is 9.88 Å². The Morgan fingerprint density at radius 3 is 2.96 bits per heavy atom. The Hall–Kier alpha value is -1.82. The van der Waals surface area contributed by atoms with Crippen LogP contribution in [0.3, 0.4) is 0 Å². The SMILES string of the molecule is Clc1cc2c(cc1CN1CCO[C@@H](c3cccnc3)C1)OCO2. The zero-order valence-corrected chi connectivity index (χ0v) is 13.3. The molecule has 1 aromatic carbocycles. The second-order valence-electron chi connectivity index (χ2n) is 5.68. The first-order chi connectivity index (χ1) is 11.3. The Bertz CT molecular complexity index is 696. The number of aromatic nitrogens is 1. The number of benzene rings is 1. The molecule has 0 unspecified atom stereocenters. The largest absolute Gasteiger partial charge is 0.454 e. The maximum Gasteiger partial charge on any atom is 0.231 e. The van der Waals surface area contributed by atoms with Crippen LogP contribution in [0.5, 0.6) is 11.5 Å². The van der Waals surface area contributed by atoms with Crippen LogP contribution in [0.2, 0.25) is 5.02 Å². The maximum absolute atomic E-state index is 6.38. The van der Waals surface area contributed by atoms with E-state index in [1.54, 1.807) is 6.20 Å². The van der Waals surface area contributed by atoms with E-state index in [0.717, 1.165) is 36.5 Å². The van der Waals surface area contributed by atoms with Gasteiger partial charge in [-0.25, -0.2) is 0 Å². The Morgan fingerprint density at radius 2 is 2.13 bits per heavy atom. The van der Waals surface area contributed by atoms with Gasteiger partial charge in [0.1, 0.15) is 0 Å². The molecule has 6 heteroatoms. The van der Waals surface area contributed by atoms with Gasteiger partial charge >= 0.3 is 0 Å². The maximum atomic E-state index is 6.38. The summed E-state index contributed by atoms with van der Waals surface area (Å²) in [7, 11) is 0. The number of halogens is 1. The molecule has 0 radical (unpaired) electrons. The average Bonchev–Trinajstić information content (AvgIpc) is 3.03. The number of pyridine rings is 1. The third-order valence-electron chi connectivity index (χ3n) is 4.14. The van der Waals surface area contributed by atoms with Crippen LogP contribution in [0.15, 0.2) is 36.7 Å². The lowest BCUT2D eigenvalue weighted by Gasteiger charge is -2.33. The third kappa shape index (κ3) is 3.13. The minimum Gasteiger partial charge on any atom is -0.454 e. The van der Waals surface area contributed by atoms with Crippen molar-refractivity contribution in [2.75, 3.05) is 26.5 Å². The third-order valence-corrected chi connectivity index (χ3v) is 4.49. The topological polar surface area (TPSA) is 43.8 Å². The van der Waals surface area contributed by atoms with Gasteiger partial charge in [-0.3, -0.25) is 9.88 Å². The molecule has 1 atom stereocenters. The van der Waals surface area contributed by atoms with Gasteiger partial charge in [0, 0.05) is 48.7 Å². The van der Waals surface area contributed by atoms with E-state index in [1.165, 1.54) is 0 Å². The molecule has 1 aromatic heterocycles. The van der Waals surface area contributed by atoms with E-state index in [-0.39, 0.29) is 12.9 Å². The summed E-state index contributed by atoms with van der Waals surface area (Å²) in [6.45, 7) is 3.41. The molecule has 0 saturated carbocycles. The molecule has 2 aliphatic rings. The highest BCUT2D eigenvalue weighted by molar-refractivity contribution is 6.31. The predicted octanol–water partition coefficient (Wildman–Crippen LogP) is 3.04. The van der Waals surface area contributed by atoms with Crippen LogP contribution in [0.4, 0.5) is 0 Å². The number of fused-ring (bicyclic) bond motifs is 1. The Labute approximate surface area is 139 Å². The number of morpholine rings is 1. The van der Waals surface area contributed by atoms with E-state index in [0.29, 0.717) is 17.4 Å². The van der Waals surface area contributed by atoms with Crippen LogP contribution in [0.1, 0.15) is 17.2 Å². The highest BCUT2D eigenvalue weighted by atomic mass is 35.5. The van der Waals surface area contributed by atoms with E-state index in [9.17, 15) is 0 Å². The molecule has 1 saturated heterocycles. The van der Waals surface area contributed by atoms with Crippen LogP contribution in [0, 0.1) is 0 Å². The fraction of sp³-hybridized carbons (Fsp3) is 0.353. The molecule has 2 aliphatic heterocycles. The van der Waals surface area contributed by atoms with Gasteiger partial charge < -0.3 is 14.2 Å². The van der Waals surface area contributed by atoms with Crippen molar-refractivity contribution >= 4 is 11.6 Å². The van der Waals surface area contributed by atoms with E-state index in [1.807, 2.05) is 24.4 Å². The number of nitrogens with zero attached hydrogens (tertiary/aromatic N) is 2. The van der Waals surface area contributed by atoms with Crippen LogP contribution in [-0.2, 0) is 11.3 Å². The first-order valence-corrected chi connectivity index (χ1v) is 7.99. The Morgan fingerprint density at radius 1 is 1.26 bits per heavy atom. The van der Waals surface area contributed by atoms with Crippen molar-refractivity contribution in [1.29, 1.82) is 0 Å². The molecule has 23 heavy (non-hydrogen) atoms. The number of hydrogen-bond acceptors (Lipinski definition) is 5. The normalized spacial score (nSPS) is 20.7. The van der Waals surface area contributed by atoms with Crippen LogP contribution in [0.25, 0.3) is 0 Å². The zero-order valence-electron chi connectivity index (χ0n) is 12.6. The second-order valence-corrected chi connectivity index (χ2v) is 6.08. The fourth-order valence-electron chi connectivity index (χ4n) is 2.94. The molecule has 2 aromatic rings. The van der Waals surface area contributed by atoms with E-state index < -0.39 is 0 Å². The van der Waals surface area contributed by atoms with Crippen molar-refractivity contribution in [2.24, 2.45) is 0 Å². The summed E-state index contributed by atoms with van der Waals surface area (Å²) in [5, 5.41) is 0.707. The van der Waals surface area contributed by atoms with Gasteiger partial charge in [-0.2, -0.15) is 0 Å². The molecule has 5 nitrogen and oxygen atoms in total. The average molecular weight is 333 g/mol. The molecule has 0 N–H and O–H groups in total. The number of ether oxygens (including phenoxy) is 3. The quantitative estimate of drug-likeness (QED) is 0.864. The Kier molecular flexibility index (Phi) is 4.08. The molecule has 0 bridgehead atoms.